The van der Waals surface area contributed by atoms with E-state index in [0.717, 1.165) is 11.5 Å². The van der Waals surface area contributed by atoms with E-state index in [2.05, 4.69) is 12.1 Å². The molecule has 2 heterocycles. The Hall–Kier alpha value is -1.19. The van der Waals surface area contributed by atoms with Crippen LogP contribution in [0.15, 0.2) is 52.0 Å². The van der Waals surface area contributed by atoms with Gasteiger partial charge in [0.15, 0.2) is 0 Å². The van der Waals surface area contributed by atoms with Gasteiger partial charge in [0.1, 0.15) is 5.76 Å². The quantitative estimate of drug-likeness (QED) is 0.903. The number of thioether (sulfide) groups is 1. The van der Waals surface area contributed by atoms with Crippen LogP contribution in [0, 0.1) is 0 Å². The first-order chi connectivity index (χ1) is 8.34. The van der Waals surface area contributed by atoms with Crippen molar-refractivity contribution in [1.82, 2.24) is 0 Å². The molecule has 3 heteroatoms. The fourth-order valence-electron chi connectivity index (χ4n) is 2.28. The molecule has 1 aromatic heterocycles. The molecule has 2 atom stereocenters. The summed E-state index contributed by atoms with van der Waals surface area (Å²) in [5.41, 5.74) is 1.27. The molecule has 88 valence electrons. The molecule has 2 nitrogen and oxygen atoms in total. The lowest BCUT2D eigenvalue weighted by Gasteiger charge is -2.17. The van der Waals surface area contributed by atoms with Gasteiger partial charge in [0.25, 0.3) is 0 Å². The Morgan fingerprint density at radius 3 is 3.00 bits per heavy atom. The van der Waals surface area contributed by atoms with Gasteiger partial charge in [-0.1, -0.05) is 18.2 Å². The molecule has 1 aliphatic heterocycles. The molecule has 0 bridgehead atoms. The third-order valence-electron chi connectivity index (χ3n) is 3.19. The van der Waals surface area contributed by atoms with Crippen molar-refractivity contribution >= 4 is 11.8 Å². The number of aliphatic hydroxyl groups excluding tert-OH is 1. The lowest BCUT2D eigenvalue weighted by molar-refractivity contribution is 0.145. The number of fused-ring (bicyclic) bond motifs is 1. The minimum absolute atomic E-state index is 0.223. The lowest BCUT2D eigenvalue weighted by Crippen LogP contribution is -2.20. The zero-order chi connectivity index (χ0) is 11.7. The molecule has 17 heavy (non-hydrogen) atoms. The van der Waals surface area contributed by atoms with Gasteiger partial charge >= 0.3 is 0 Å². The normalized spacial score (nSPS) is 20.2. The Labute approximate surface area is 105 Å². The number of benzene rings is 1. The molecule has 0 fully saturated rings. The van der Waals surface area contributed by atoms with Crippen molar-refractivity contribution in [3.63, 3.8) is 0 Å². The average Bonchev–Trinajstić information content (AvgIpc) is 2.96. The van der Waals surface area contributed by atoms with E-state index in [1.54, 1.807) is 6.26 Å². The lowest BCUT2D eigenvalue weighted by atomic mass is 9.93. The molecule has 1 N–H and O–H groups in total. The maximum absolute atomic E-state index is 10.3. The molecule has 0 radical (unpaired) electrons. The monoisotopic (exact) mass is 246 g/mol. The number of hydrogen-bond donors (Lipinski definition) is 1. The van der Waals surface area contributed by atoms with Gasteiger partial charge in [-0.3, -0.25) is 0 Å². The summed E-state index contributed by atoms with van der Waals surface area (Å²) in [5.74, 6) is 2.04. The Morgan fingerprint density at radius 1 is 1.29 bits per heavy atom. The highest BCUT2D eigenvalue weighted by Gasteiger charge is 2.29. The van der Waals surface area contributed by atoms with Gasteiger partial charge in [-0.15, -0.1) is 11.8 Å². The summed E-state index contributed by atoms with van der Waals surface area (Å²) in [6.45, 7) is 0. The van der Waals surface area contributed by atoms with E-state index in [1.807, 2.05) is 36.0 Å². The summed E-state index contributed by atoms with van der Waals surface area (Å²) < 4.78 is 5.28. The summed E-state index contributed by atoms with van der Waals surface area (Å²) in [7, 11) is 0. The van der Waals surface area contributed by atoms with Crippen molar-refractivity contribution < 1.29 is 9.52 Å². The molecular weight excluding hydrogens is 232 g/mol. The number of furan rings is 1. The molecule has 0 spiro atoms. The van der Waals surface area contributed by atoms with Crippen molar-refractivity contribution in [2.24, 2.45) is 0 Å². The van der Waals surface area contributed by atoms with E-state index in [-0.39, 0.29) is 12.0 Å². The van der Waals surface area contributed by atoms with Gasteiger partial charge in [0.05, 0.1) is 12.4 Å². The molecule has 0 saturated carbocycles. The summed E-state index contributed by atoms with van der Waals surface area (Å²) in [6.07, 6.45) is 1.88. The largest absolute Gasteiger partial charge is 0.469 e. The van der Waals surface area contributed by atoms with Crippen LogP contribution >= 0.6 is 11.8 Å². The van der Waals surface area contributed by atoms with E-state index in [4.69, 9.17) is 4.42 Å². The van der Waals surface area contributed by atoms with E-state index < -0.39 is 0 Å². The van der Waals surface area contributed by atoms with Crippen LogP contribution in [0.25, 0.3) is 0 Å². The van der Waals surface area contributed by atoms with Crippen molar-refractivity contribution in [3.05, 3.63) is 54.0 Å². The fourth-order valence-corrected chi connectivity index (χ4v) is 3.60. The zero-order valence-corrected chi connectivity index (χ0v) is 10.2. The maximum Gasteiger partial charge on any atom is 0.106 e. The Bertz CT molecular complexity index is 493. The van der Waals surface area contributed by atoms with Crippen molar-refractivity contribution in [2.45, 2.75) is 23.3 Å². The molecule has 1 aliphatic rings. The molecular formula is C14H14O2S. The summed E-state index contributed by atoms with van der Waals surface area (Å²) >= 11 is 1.83. The van der Waals surface area contributed by atoms with Gasteiger partial charge in [-0.25, -0.2) is 0 Å². The Kier molecular flexibility index (Phi) is 2.95. The second-order valence-electron chi connectivity index (χ2n) is 4.31. The second kappa shape index (κ2) is 4.59. The van der Waals surface area contributed by atoms with E-state index >= 15 is 0 Å². The molecule has 0 saturated heterocycles. The van der Waals surface area contributed by atoms with Gasteiger partial charge in [0.2, 0.25) is 0 Å². The number of hydrogen-bond acceptors (Lipinski definition) is 3. The zero-order valence-electron chi connectivity index (χ0n) is 9.37. The fraction of sp³-hybridized carbons (Fsp3) is 0.286. The molecule has 1 aromatic carbocycles. The van der Waals surface area contributed by atoms with Crippen molar-refractivity contribution in [2.75, 3.05) is 5.75 Å². The summed E-state index contributed by atoms with van der Waals surface area (Å²) in [5, 5.41) is 10.3. The predicted octanol–water partition coefficient (Wildman–Crippen LogP) is 3.07. The van der Waals surface area contributed by atoms with Gasteiger partial charge < -0.3 is 9.52 Å². The van der Waals surface area contributed by atoms with Gasteiger partial charge in [-0.2, -0.15) is 0 Å². The van der Waals surface area contributed by atoms with Crippen LogP contribution in [-0.2, 0) is 6.42 Å². The highest BCUT2D eigenvalue weighted by atomic mass is 32.2. The topological polar surface area (TPSA) is 33.4 Å². The second-order valence-corrected chi connectivity index (χ2v) is 5.37. The average molecular weight is 246 g/mol. The first-order valence-electron chi connectivity index (χ1n) is 5.77. The summed E-state index contributed by atoms with van der Waals surface area (Å²) in [6, 6.07) is 12.1. The minimum atomic E-state index is -0.364. The van der Waals surface area contributed by atoms with Crippen LogP contribution in [0.3, 0.4) is 0 Å². The van der Waals surface area contributed by atoms with Crippen LogP contribution in [0.5, 0.6) is 0 Å². The smallest absolute Gasteiger partial charge is 0.106 e. The van der Waals surface area contributed by atoms with Crippen molar-refractivity contribution in [1.29, 1.82) is 0 Å². The van der Waals surface area contributed by atoms with Gasteiger partial charge in [-0.05, 0) is 23.8 Å². The first-order valence-corrected chi connectivity index (χ1v) is 6.75. The number of aliphatic hydroxyl groups is 1. The van der Waals surface area contributed by atoms with Crippen molar-refractivity contribution in [3.8, 4) is 0 Å². The highest BCUT2D eigenvalue weighted by Crippen LogP contribution is 2.41. The molecule has 0 aliphatic carbocycles. The summed E-state index contributed by atoms with van der Waals surface area (Å²) in [4.78, 5) is 1.30. The van der Waals surface area contributed by atoms with E-state index in [0.29, 0.717) is 6.42 Å². The highest BCUT2D eigenvalue weighted by molar-refractivity contribution is 7.99. The van der Waals surface area contributed by atoms with Crippen LogP contribution in [0.1, 0.15) is 17.2 Å². The Morgan fingerprint density at radius 2 is 2.18 bits per heavy atom. The van der Waals surface area contributed by atoms with Gasteiger partial charge in [0, 0.05) is 23.0 Å². The molecule has 3 rings (SSSR count). The first kappa shape index (κ1) is 10.9. The molecule has 2 aromatic rings. The van der Waals surface area contributed by atoms with Crippen LogP contribution in [0.4, 0.5) is 0 Å². The van der Waals surface area contributed by atoms with Crippen LogP contribution in [-0.4, -0.2) is 17.0 Å². The minimum Gasteiger partial charge on any atom is -0.469 e. The third-order valence-corrected chi connectivity index (χ3v) is 4.40. The SMILES string of the molecule is OC(Cc1ccco1)C1CSc2ccccc21. The molecule has 0 amide bonds. The standard InChI is InChI=1S/C14H14O2S/c15-13(8-10-4-3-7-16-10)12-9-17-14-6-2-1-5-11(12)14/h1-7,12-13,15H,8-9H2. The van der Waals surface area contributed by atoms with Crippen LogP contribution < -0.4 is 0 Å². The maximum atomic E-state index is 10.3. The predicted molar refractivity (Wildman–Crippen MR) is 68.3 cm³/mol. The number of rotatable bonds is 3. The molecule has 2 unspecified atom stereocenters. The third kappa shape index (κ3) is 2.13. The van der Waals surface area contributed by atoms with E-state index in [9.17, 15) is 5.11 Å². The van der Waals surface area contributed by atoms with E-state index in [1.165, 1.54) is 10.5 Å². The van der Waals surface area contributed by atoms with Crippen LogP contribution in [0.2, 0.25) is 0 Å². The Balaban J connectivity index is 1.78.